The van der Waals surface area contributed by atoms with E-state index in [0.29, 0.717) is 5.13 Å². The van der Waals surface area contributed by atoms with E-state index in [9.17, 15) is 0 Å². The smallest absolute Gasteiger partial charge is 0.180 e. The second-order valence-electron chi connectivity index (χ2n) is 4.77. The van der Waals surface area contributed by atoms with Gasteiger partial charge in [-0.1, -0.05) is 31.5 Å². The lowest BCUT2D eigenvalue weighted by Gasteiger charge is -2.05. The molecule has 2 nitrogen and oxygen atoms in total. The molecule has 0 saturated heterocycles. The predicted octanol–water partition coefficient (Wildman–Crippen LogP) is 3.89. The normalized spacial score (nSPS) is 10.8. The van der Waals surface area contributed by atoms with Gasteiger partial charge in [0.25, 0.3) is 0 Å². The van der Waals surface area contributed by atoms with Crippen molar-refractivity contribution >= 4 is 16.5 Å². The highest BCUT2D eigenvalue weighted by Gasteiger charge is 2.09. The minimum atomic E-state index is 0.692. The Bertz CT molecular complexity index is 543. The number of anilines is 1. The van der Waals surface area contributed by atoms with Crippen LogP contribution in [0.1, 0.15) is 40.6 Å². The quantitative estimate of drug-likeness (QED) is 0.906. The van der Waals surface area contributed by atoms with Crippen LogP contribution in [0.3, 0.4) is 0 Å². The van der Waals surface area contributed by atoms with Gasteiger partial charge in [0.1, 0.15) is 0 Å². The monoisotopic (exact) mass is 260 g/mol. The molecule has 0 radical (unpaired) electrons. The van der Waals surface area contributed by atoms with E-state index >= 15 is 0 Å². The number of hydrogen-bond donors (Lipinski definition) is 1. The fourth-order valence-electron chi connectivity index (χ4n) is 2.07. The number of nitrogen functional groups attached to an aromatic ring is 1. The Morgan fingerprint density at radius 2 is 2.00 bits per heavy atom. The number of aryl methyl sites for hydroxylation is 3. The first-order chi connectivity index (χ1) is 8.60. The zero-order valence-corrected chi connectivity index (χ0v) is 12.1. The molecule has 2 N–H and O–H groups in total. The molecule has 1 heterocycles. The average molecular weight is 260 g/mol. The van der Waals surface area contributed by atoms with Gasteiger partial charge in [-0.2, -0.15) is 0 Å². The van der Waals surface area contributed by atoms with Gasteiger partial charge in [-0.25, -0.2) is 4.98 Å². The summed E-state index contributed by atoms with van der Waals surface area (Å²) in [7, 11) is 0. The van der Waals surface area contributed by atoms with Crippen LogP contribution in [0.25, 0.3) is 0 Å². The number of aromatic nitrogens is 1. The van der Waals surface area contributed by atoms with Gasteiger partial charge in [0.05, 0.1) is 5.69 Å². The zero-order chi connectivity index (χ0) is 13.1. The number of thiazole rings is 1. The second-order valence-corrected chi connectivity index (χ2v) is 5.88. The van der Waals surface area contributed by atoms with Crippen LogP contribution in [0.2, 0.25) is 0 Å². The topological polar surface area (TPSA) is 38.9 Å². The van der Waals surface area contributed by atoms with Crippen LogP contribution in [0, 0.1) is 13.8 Å². The standard InChI is InChI=1S/C15H20N2S/c1-4-5-13-14(18-15(16)17-13)9-12-7-6-10(2)11(3)8-12/h6-8H,4-5,9H2,1-3H3,(H2,16,17). The number of nitrogens with zero attached hydrogens (tertiary/aromatic N) is 1. The molecule has 0 aliphatic rings. The van der Waals surface area contributed by atoms with Gasteiger partial charge in [0, 0.05) is 11.3 Å². The Labute approximate surface area is 113 Å². The molecule has 2 aromatic rings. The first-order valence-corrected chi connectivity index (χ1v) is 7.22. The minimum absolute atomic E-state index is 0.692. The van der Waals surface area contributed by atoms with Gasteiger partial charge < -0.3 is 5.73 Å². The van der Waals surface area contributed by atoms with E-state index in [1.807, 2.05) is 0 Å². The summed E-state index contributed by atoms with van der Waals surface area (Å²) >= 11 is 1.63. The van der Waals surface area contributed by atoms with E-state index < -0.39 is 0 Å². The van der Waals surface area contributed by atoms with Gasteiger partial charge in [-0.3, -0.25) is 0 Å². The van der Waals surface area contributed by atoms with E-state index in [1.165, 1.54) is 27.3 Å². The van der Waals surface area contributed by atoms with Crippen molar-refractivity contribution in [3.63, 3.8) is 0 Å². The molecule has 0 unspecified atom stereocenters. The summed E-state index contributed by atoms with van der Waals surface area (Å²) in [4.78, 5) is 5.75. The SMILES string of the molecule is CCCc1nc(N)sc1Cc1ccc(C)c(C)c1. The third-order valence-corrected chi connectivity index (χ3v) is 4.14. The highest BCUT2D eigenvalue weighted by Crippen LogP contribution is 2.25. The maximum absolute atomic E-state index is 5.82. The third kappa shape index (κ3) is 2.91. The van der Waals surface area contributed by atoms with Crippen molar-refractivity contribution in [1.82, 2.24) is 4.98 Å². The lowest BCUT2D eigenvalue weighted by molar-refractivity contribution is 0.879. The van der Waals surface area contributed by atoms with E-state index in [-0.39, 0.29) is 0 Å². The molecule has 0 amide bonds. The van der Waals surface area contributed by atoms with Crippen LogP contribution in [-0.2, 0) is 12.8 Å². The van der Waals surface area contributed by atoms with Crippen LogP contribution in [0.5, 0.6) is 0 Å². The fourth-order valence-corrected chi connectivity index (χ4v) is 2.99. The summed E-state index contributed by atoms with van der Waals surface area (Å²) in [5, 5.41) is 0.692. The molecule has 1 aromatic carbocycles. The Kier molecular flexibility index (Phi) is 4.02. The Morgan fingerprint density at radius 3 is 2.67 bits per heavy atom. The molecule has 0 spiro atoms. The number of benzene rings is 1. The molecular weight excluding hydrogens is 240 g/mol. The van der Waals surface area contributed by atoms with Gasteiger partial charge in [0.2, 0.25) is 0 Å². The first kappa shape index (κ1) is 13.1. The maximum Gasteiger partial charge on any atom is 0.180 e. The Hall–Kier alpha value is -1.35. The van der Waals surface area contributed by atoms with Crippen molar-refractivity contribution in [1.29, 1.82) is 0 Å². The summed E-state index contributed by atoms with van der Waals surface area (Å²) in [5.41, 5.74) is 11.0. The largest absolute Gasteiger partial charge is 0.375 e. The van der Waals surface area contributed by atoms with Crippen molar-refractivity contribution < 1.29 is 0 Å². The van der Waals surface area contributed by atoms with E-state index in [2.05, 4.69) is 44.0 Å². The molecule has 2 rings (SSSR count). The minimum Gasteiger partial charge on any atom is -0.375 e. The number of rotatable bonds is 4. The van der Waals surface area contributed by atoms with Gasteiger partial charge >= 0.3 is 0 Å². The molecule has 3 heteroatoms. The lowest BCUT2D eigenvalue weighted by Crippen LogP contribution is -1.94. The van der Waals surface area contributed by atoms with E-state index in [4.69, 9.17) is 5.73 Å². The molecule has 0 aliphatic carbocycles. The Balaban J connectivity index is 2.24. The van der Waals surface area contributed by atoms with Crippen molar-refractivity contribution in [3.05, 3.63) is 45.5 Å². The summed E-state index contributed by atoms with van der Waals surface area (Å²) in [6, 6.07) is 6.66. The third-order valence-electron chi connectivity index (χ3n) is 3.22. The molecule has 0 atom stereocenters. The lowest BCUT2D eigenvalue weighted by atomic mass is 10.0. The van der Waals surface area contributed by atoms with Gasteiger partial charge in [0.15, 0.2) is 5.13 Å². The second kappa shape index (κ2) is 5.53. The molecule has 0 fully saturated rings. The molecule has 0 bridgehead atoms. The molecule has 0 saturated carbocycles. The van der Waals surface area contributed by atoms with Crippen LogP contribution in [0.15, 0.2) is 18.2 Å². The molecular formula is C15H20N2S. The van der Waals surface area contributed by atoms with Gasteiger partial charge in [-0.15, -0.1) is 11.3 Å². The van der Waals surface area contributed by atoms with Crippen LogP contribution >= 0.6 is 11.3 Å². The summed E-state index contributed by atoms with van der Waals surface area (Å²) in [6.45, 7) is 6.48. The molecule has 96 valence electrons. The summed E-state index contributed by atoms with van der Waals surface area (Å²) < 4.78 is 0. The van der Waals surface area contributed by atoms with Crippen LogP contribution < -0.4 is 5.73 Å². The van der Waals surface area contributed by atoms with Gasteiger partial charge in [-0.05, 0) is 37.0 Å². The molecule has 1 aromatic heterocycles. The van der Waals surface area contributed by atoms with Crippen molar-refractivity contribution in [2.75, 3.05) is 5.73 Å². The summed E-state index contributed by atoms with van der Waals surface area (Å²) in [5.74, 6) is 0. The molecule has 18 heavy (non-hydrogen) atoms. The van der Waals surface area contributed by atoms with Crippen LogP contribution in [-0.4, -0.2) is 4.98 Å². The van der Waals surface area contributed by atoms with Crippen molar-refractivity contribution in [2.45, 2.75) is 40.0 Å². The van der Waals surface area contributed by atoms with Crippen molar-refractivity contribution in [3.8, 4) is 0 Å². The highest BCUT2D eigenvalue weighted by atomic mass is 32.1. The fraction of sp³-hybridized carbons (Fsp3) is 0.400. The summed E-state index contributed by atoms with van der Waals surface area (Å²) in [6.07, 6.45) is 3.09. The average Bonchev–Trinajstić information content (AvgIpc) is 2.65. The van der Waals surface area contributed by atoms with E-state index in [0.717, 1.165) is 19.3 Å². The van der Waals surface area contributed by atoms with E-state index in [1.54, 1.807) is 11.3 Å². The zero-order valence-electron chi connectivity index (χ0n) is 11.3. The number of nitrogens with two attached hydrogens (primary N) is 1. The Morgan fingerprint density at radius 1 is 1.22 bits per heavy atom. The molecule has 0 aliphatic heterocycles. The predicted molar refractivity (Wildman–Crippen MR) is 79.2 cm³/mol. The van der Waals surface area contributed by atoms with Crippen molar-refractivity contribution in [2.24, 2.45) is 0 Å². The first-order valence-electron chi connectivity index (χ1n) is 6.40. The highest BCUT2D eigenvalue weighted by molar-refractivity contribution is 7.15. The number of hydrogen-bond acceptors (Lipinski definition) is 3. The maximum atomic E-state index is 5.82. The van der Waals surface area contributed by atoms with Crippen LogP contribution in [0.4, 0.5) is 5.13 Å².